The summed E-state index contributed by atoms with van der Waals surface area (Å²) in [6, 6.07) is 5.11. The predicted molar refractivity (Wildman–Crippen MR) is 138 cm³/mol. The van der Waals surface area contributed by atoms with Crippen LogP contribution >= 0.6 is 26.8 Å². The third-order valence-electron chi connectivity index (χ3n) is 7.58. The highest BCUT2D eigenvalue weighted by atomic mass is 35.5. The van der Waals surface area contributed by atoms with Crippen molar-refractivity contribution in [1.29, 1.82) is 0 Å². The summed E-state index contributed by atoms with van der Waals surface area (Å²) in [5.41, 5.74) is 1.89. The minimum Gasteiger partial charge on any atom is -0.387 e. The molecule has 0 saturated carbocycles. The number of halogens is 2. The van der Waals surface area contributed by atoms with Gasteiger partial charge in [-0.2, -0.15) is 9.97 Å². The van der Waals surface area contributed by atoms with Crippen LogP contribution in [0.25, 0.3) is 11.2 Å². The van der Waals surface area contributed by atoms with Gasteiger partial charge in [0.15, 0.2) is 29.1 Å². The van der Waals surface area contributed by atoms with Crippen LogP contribution in [0.15, 0.2) is 24.5 Å². The summed E-state index contributed by atoms with van der Waals surface area (Å²) in [5.74, 6) is -1.22. The molecule has 5 N–H and O–H groups in total. The van der Waals surface area contributed by atoms with Crippen molar-refractivity contribution in [3.05, 3.63) is 46.8 Å². The maximum Gasteiger partial charge on any atom is 0.340 e. The number of hydrogen-bond acceptors (Lipinski definition) is 10. The van der Waals surface area contributed by atoms with Crippen molar-refractivity contribution < 1.29 is 47.7 Å². The molecule has 6 rings (SSSR count). The number of aliphatic hydroxyl groups is 2. The largest absolute Gasteiger partial charge is 0.387 e. The van der Waals surface area contributed by atoms with E-state index in [9.17, 15) is 28.6 Å². The molecule has 40 heavy (non-hydrogen) atoms. The van der Waals surface area contributed by atoms with E-state index in [0.717, 1.165) is 24.0 Å². The molecule has 2 aliphatic heterocycles. The van der Waals surface area contributed by atoms with E-state index in [-0.39, 0.29) is 22.2 Å². The molecular weight excluding hydrogens is 595 g/mol. The summed E-state index contributed by atoms with van der Waals surface area (Å²) in [5, 5.41) is 21.0. The van der Waals surface area contributed by atoms with Gasteiger partial charge in [-0.05, 0) is 36.1 Å². The molecule has 216 valence electrons. The zero-order chi connectivity index (χ0) is 28.6. The number of anilines is 1. The fraction of sp³-hybridized carbons (Fsp3) is 0.500. The average molecular weight is 620 g/mol. The Morgan fingerprint density at radius 3 is 2.65 bits per heavy atom. The monoisotopic (exact) mass is 619 g/mol. The van der Waals surface area contributed by atoms with E-state index in [4.69, 9.17) is 30.6 Å². The van der Waals surface area contributed by atoms with Gasteiger partial charge in [0.05, 0.1) is 12.9 Å². The number of aliphatic hydroxyl groups excluding tert-OH is 2. The standard InChI is InChI=1S/C22H25ClFN5O9P2/c23-21-26-18(28-7-22(8-28)5-4-11-2-1-3-12(24)14(11)22)15-19(27-21)29(9-25-15)20-17(31)16(30)13(38-20)6-37-40(35,36)10-39(32,33)34/h1-3,9,13,16-17,20,30-31H,4-8,10H2,(H,35,36)(H2,32,33,34)/t13-,16?,17?,20-/m1/s1. The molecule has 2 aromatic heterocycles. The number of rotatable bonds is 7. The zero-order valence-corrected chi connectivity index (χ0v) is 23.2. The summed E-state index contributed by atoms with van der Waals surface area (Å²) in [7, 11) is -9.56. The molecule has 3 aliphatic rings. The van der Waals surface area contributed by atoms with Crippen molar-refractivity contribution in [3.8, 4) is 0 Å². The van der Waals surface area contributed by atoms with E-state index < -0.39 is 52.2 Å². The number of imidazole rings is 1. The third-order valence-corrected chi connectivity index (χ3v) is 11.2. The first-order valence-corrected chi connectivity index (χ1v) is 16.2. The summed E-state index contributed by atoms with van der Waals surface area (Å²) in [6.45, 7) is 0.253. The number of hydrogen-bond donors (Lipinski definition) is 5. The van der Waals surface area contributed by atoms with Crippen molar-refractivity contribution in [3.63, 3.8) is 0 Å². The topological polar surface area (TPSA) is 201 Å². The maximum absolute atomic E-state index is 14.7. The second kappa shape index (κ2) is 9.77. The van der Waals surface area contributed by atoms with E-state index in [1.807, 2.05) is 11.0 Å². The fourth-order valence-corrected chi connectivity index (χ4v) is 8.59. The number of ether oxygens (including phenoxy) is 1. The molecule has 0 radical (unpaired) electrons. The smallest absolute Gasteiger partial charge is 0.340 e. The van der Waals surface area contributed by atoms with Crippen LogP contribution in [0.5, 0.6) is 0 Å². The molecule has 0 bridgehead atoms. The molecule has 2 saturated heterocycles. The molecule has 3 aromatic rings. The minimum absolute atomic E-state index is 0.116. The van der Waals surface area contributed by atoms with Crippen molar-refractivity contribution in [2.45, 2.75) is 42.8 Å². The Kier molecular flexibility index (Phi) is 6.87. The second-order valence-corrected chi connectivity index (χ2v) is 14.7. The van der Waals surface area contributed by atoms with Gasteiger partial charge in [0.2, 0.25) is 5.28 Å². The lowest BCUT2D eigenvalue weighted by atomic mass is 9.74. The number of benzene rings is 1. The lowest BCUT2D eigenvalue weighted by molar-refractivity contribution is -0.0483. The molecule has 1 aromatic carbocycles. The Hall–Kier alpha value is -2.03. The van der Waals surface area contributed by atoms with Crippen LogP contribution in [0, 0.1) is 5.82 Å². The van der Waals surface area contributed by atoms with Crippen LogP contribution in [0.3, 0.4) is 0 Å². The quantitative estimate of drug-likeness (QED) is 0.187. The Morgan fingerprint density at radius 2 is 1.93 bits per heavy atom. The number of aryl methyl sites for hydroxylation is 1. The highest BCUT2D eigenvalue weighted by Gasteiger charge is 2.51. The molecule has 4 heterocycles. The van der Waals surface area contributed by atoms with E-state index in [0.29, 0.717) is 24.4 Å². The molecule has 3 unspecified atom stereocenters. The normalized spacial score (nSPS) is 27.2. The van der Waals surface area contributed by atoms with Gasteiger partial charge in [0, 0.05) is 24.1 Å². The number of fused-ring (bicyclic) bond motifs is 3. The van der Waals surface area contributed by atoms with Crippen LogP contribution in [0.4, 0.5) is 10.2 Å². The van der Waals surface area contributed by atoms with Gasteiger partial charge in [0.1, 0.15) is 24.1 Å². The number of aromatic nitrogens is 4. The number of nitrogens with zero attached hydrogens (tertiary/aromatic N) is 5. The minimum atomic E-state index is -4.85. The van der Waals surface area contributed by atoms with Gasteiger partial charge in [-0.25, -0.2) is 9.37 Å². The van der Waals surface area contributed by atoms with Crippen molar-refractivity contribution in [1.82, 2.24) is 19.5 Å². The van der Waals surface area contributed by atoms with Gasteiger partial charge < -0.3 is 39.1 Å². The van der Waals surface area contributed by atoms with Crippen LogP contribution in [-0.4, -0.2) is 88.3 Å². The summed E-state index contributed by atoms with van der Waals surface area (Å²) < 4.78 is 49.5. The summed E-state index contributed by atoms with van der Waals surface area (Å²) in [4.78, 5) is 42.5. The van der Waals surface area contributed by atoms with E-state index in [1.54, 1.807) is 6.07 Å². The molecule has 0 amide bonds. The Bertz CT molecular complexity index is 1580. The van der Waals surface area contributed by atoms with Gasteiger partial charge in [-0.15, -0.1) is 0 Å². The second-order valence-electron chi connectivity index (χ2n) is 10.3. The van der Waals surface area contributed by atoms with E-state index >= 15 is 0 Å². The Balaban J connectivity index is 1.23. The molecule has 1 spiro atoms. The Labute approximate surface area is 231 Å². The van der Waals surface area contributed by atoms with Crippen LogP contribution < -0.4 is 4.90 Å². The first kappa shape index (κ1) is 28.1. The maximum atomic E-state index is 14.7. The van der Waals surface area contributed by atoms with Crippen LogP contribution in [-0.2, 0) is 30.2 Å². The lowest BCUT2D eigenvalue weighted by Crippen LogP contribution is -2.59. The molecular formula is C22H25ClFN5O9P2. The van der Waals surface area contributed by atoms with Gasteiger partial charge in [-0.3, -0.25) is 13.7 Å². The van der Waals surface area contributed by atoms with Crippen LogP contribution in [0.1, 0.15) is 23.8 Å². The van der Waals surface area contributed by atoms with E-state index in [1.165, 1.54) is 17.0 Å². The van der Waals surface area contributed by atoms with Gasteiger partial charge >= 0.3 is 15.2 Å². The molecule has 14 nitrogen and oxygen atoms in total. The summed E-state index contributed by atoms with van der Waals surface area (Å²) >= 11 is 6.24. The van der Waals surface area contributed by atoms with Crippen LogP contribution in [0.2, 0.25) is 5.28 Å². The SMILES string of the molecule is O=P(O)(O)CP(=O)(O)OC[C@H]1O[C@@H](n2cnc3c(N4CC5(CCc6cccc(F)c65)C4)nc(Cl)nc32)C(O)C1O. The highest BCUT2D eigenvalue weighted by Crippen LogP contribution is 2.55. The van der Waals surface area contributed by atoms with Crippen molar-refractivity contribution in [2.24, 2.45) is 0 Å². The first-order chi connectivity index (χ1) is 18.8. The van der Waals surface area contributed by atoms with Crippen molar-refractivity contribution >= 4 is 43.8 Å². The Morgan fingerprint density at radius 1 is 1.18 bits per heavy atom. The van der Waals surface area contributed by atoms with Crippen molar-refractivity contribution in [2.75, 3.05) is 30.5 Å². The fourth-order valence-electron chi connectivity index (χ4n) is 5.86. The van der Waals surface area contributed by atoms with E-state index in [2.05, 4.69) is 15.0 Å². The molecule has 18 heteroatoms. The predicted octanol–water partition coefficient (Wildman–Crippen LogP) is 1.28. The molecule has 2 fully saturated rings. The zero-order valence-electron chi connectivity index (χ0n) is 20.6. The lowest BCUT2D eigenvalue weighted by Gasteiger charge is -2.49. The summed E-state index contributed by atoms with van der Waals surface area (Å²) in [6.07, 6.45) is -2.81. The molecule has 1 aliphatic carbocycles. The molecule has 5 atom stereocenters. The first-order valence-electron chi connectivity index (χ1n) is 12.2. The van der Waals surface area contributed by atoms with Gasteiger partial charge in [-0.1, -0.05) is 12.1 Å². The average Bonchev–Trinajstić information content (AvgIpc) is 3.50. The van der Waals surface area contributed by atoms with Gasteiger partial charge in [0.25, 0.3) is 0 Å². The highest BCUT2D eigenvalue weighted by molar-refractivity contribution is 7.70. The third kappa shape index (κ3) is 4.88.